The van der Waals surface area contributed by atoms with E-state index in [1.54, 1.807) is 16.7 Å². The van der Waals surface area contributed by atoms with Gasteiger partial charge in [0, 0.05) is 37.8 Å². The van der Waals surface area contributed by atoms with Crippen LogP contribution in [-0.4, -0.2) is 47.5 Å². The van der Waals surface area contributed by atoms with Gasteiger partial charge in [-0.1, -0.05) is 12.1 Å². The molecule has 2 aromatic rings. The van der Waals surface area contributed by atoms with Crippen LogP contribution in [-0.2, 0) is 28.5 Å². The first-order valence-corrected chi connectivity index (χ1v) is 11.1. The predicted molar refractivity (Wildman–Crippen MR) is 103 cm³/mol. The van der Waals surface area contributed by atoms with E-state index < -0.39 is 32.7 Å². The smallest absolute Gasteiger partial charge is 0.285 e. The standard InChI is InChI=1S/C19H21FN4O4S/c1-29(27,28)24-8-6-19(12-24)5-7-23-11-15(17(26)22-18(19)23)16(25)21-10-13-3-2-4-14(20)9-13/h2-4,9,11H,5-8,10,12H2,1H3,(H,21,25)/t19-/m0/s1. The van der Waals surface area contributed by atoms with Crippen molar-refractivity contribution in [2.75, 3.05) is 19.3 Å². The monoisotopic (exact) mass is 420 g/mol. The van der Waals surface area contributed by atoms with Crippen molar-refractivity contribution >= 4 is 15.9 Å². The van der Waals surface area contributed by atoms with E-state index in [4.69, 9.17) is 0 Å². The summed E-state index contributed by atoms with van der Waals surface area (Å²) in [5.74, 6) is -0.441. The third-order valence-corrected chi connectivity index (χ3v) is 6.92. The number of carbonyl (C=O) groups is 1. The summed E-state index contributed by atoms with van der Waals surface area (Å²) in [5.41, 5.74) is -0.635. The quantitative estimate of drug-likeness (QED) is 0.781. The van der Waals surface area contributed by atoms with Crippen LogP contribution in [0.4, 0.5) is 4.39 Å². The van der Waals surface area contributed by atoms with E-state index in [1.165, 1.54) is 28.9 Å². The molecule has 2 aliphatic heterocycles. The van der Waals surface area contributed by atoms with E-state index in [0.29, 0.717) is 43.9 Å². The van der Waals surface area contributed by atoms with Gasteiger partial charge in [-0.3, -0.25) is 9.59 Å². The summed E-state index contributed by atoms with van der Waals surface area (Å²) in [6.45, 7) is 1.34. The Kier molecular flexibility index (Phi) is 4.78. The first-order valence-electron chi connectivity index (χ1n) is 9.28. The number of benzene rings is 1. The van der Waals surface area contributed by atoms with Crippen molar-refractivity contribution in [1.82, 2.24) is 19.2 Å². The first-order chi connectivity index (χ1) is 13.7. The summed E-state index contributed by atoms with van der Waals surface area (Å²) < 4.78 is 40.2. The Morgan fingerprint density at radius 2 is 2.07 bits per heavy atom. The fourth-order valence-electron chi connectivity index (χ4n) is 4.12. The number of hydrogen-bond donors (Lipinski definition) is 1. The van der Waals surface area contributed by atoms with Crippen molar-refractivity contribution in [3.8, 4) is 0 Å². The zero-order valence-corrected chi connectivity index (χ0v) is 16.7. The highest BCUT2D eigenvalue weighted by Crippen LogP contribution is 2.41. The molecule has 4 rings (SSSR count). The number of hydrogen-bond acceptors (Lipinski definition) is 5. The maximum atomic E-state index is 13.3. The lowest BCUT2D eigenvalue weighted by Gasteiger charge is -2.22. The van der Waals surface area contributed by atoms with Crippen LogP contribution in [0.5, 0.6) is 0 Å². The minimum absolute atomic E-state index is 0.0832. The van der Waals surface area contributed by atoms with Crippen molar-refractivity contribution in [3.63, 3.8) is 0 Å². The average molecular weight is 420 g/mol. The molecule has 1 atom stereocenters. The second-order valence-electron chi connectivity index (χ2n) is 7.67. The Morgan fingerprint density at radius 1 is 1.31 bits per heavy atom. The number of rotatable bonds is 4. The summed E-state index contributed by atoms with van der Waals surface area (Å²) in [4.78, 5) is 29.2. The van der Waals surface area contributed by atoms with Gasteiger partial charge in [0.25, 0.3) is 11.5 Å². The van der Waals surface area contributed by atoms with Gasteiger partial charge < -0.3 is 9.88 Å². The fourth-order valence-corrected chi connectivity index (χ4v) is 5.02. The average Bonchev–Trinajstić information content (AvgIpc) is 3.25. The zero-order chi connectivity index (χ0) is 20.8. The molecule has 1 aromatic heterocycles. The van der Waals surface area contributed by atoms with E-state index in [1.807, 2.05) is 0 Å². The molecule has 3 heterocycles. The summed E-state index contributed by atoms with van der Waals surface area (Å²) in [7, 11) is -3.31. The number of fused-ring (bicyclic) bond motifs is 2. The number of nitrogens with one attached hydrogen (secondary N) is 1. The van der Waals surface area contributed by atoms with Crippen LogP contribution in [0.25, 0.3) is 0 Å². The number of amides is 1. The third kappa shape index (κ3) is 3.69. The maximum Gasteiger partial charge on any atom is 0.285 e. The highest BCUT2D eigenvalue weighted by atomic mass is 32.2. The second kappa shape index (κ2) is 7.03. The van der Waals surface area contributed by atoms with Gasteiger partial charge in [0.1, 0.15) is 17.2 Å². The van der Waals surface area contributed by atoms with E-state index >= 15 is 0 Å². The molecule has 29 heavy (non-hydrogen) atoms. The van der Waals surface area contributed by atoms with Gasteiger partial charge in [0.15, 0.2) is 0 Å². The van der Waals surface area contributed by atoms with Gasteiger partial charge in [-0.05, 0) is 30.5 Å². The Morgan fingerprint density at radius 3 is 2.76 bits per heavy atom. The lowest BCUT2D eigenvalue weighted by atomic mass is 9.85. The minimum atomic E-state index is -3.31. The van der Waals surface area contributed by atoms with Crippen molar-refractivity contribution in [3.05, 3.63) is 63.6 Å². The van der Waals surface area contributed by atoms with Crippen LogP contribution < -0.4 is 10.9 Å². The molecule has 1 aromatic carbocycles. The number of aryl methyl sites for hydroxylation is 1. The summed E-state index contributed by atoms with van der Waals surface area (Å²) >= 11 is 0. The number of carbonyl (C=O) groups excluding carboxylic acids is 1. The minimum Gasteiger partial charge on any atom is -0.348 e. The van der Waals surface area contributed by atoms with Gasteiger partial charge >= 0.3 is 0 Å². The van der Waals surface area contributed by atoms with Crippen molar-refractivity contribution in [2.45, 2.75) is 31.3 Å². The summed E-state index contributed by atoms with van der Waals surface area (Å²) in [6, 6.07) is 5.84. The lowest BCUT2D eigenvalue weighted by Crippen LogP contribution is -2.36. The molecule has 0 saturated carbocycles. The molecule has 0 radical (unpaired) electrons. The van der Waals surface area contributed by atoms with Crippen LogP contribution in [0, 0.1) is 5.82 Å². The second-order valence-corrected chi connectivity index (χ2v) is 9.65. The number of aromatic nitrogens is 2. The van der Waals surface area contributed by atoms with Crippen LogP contribution >= 0.6 is 0 Å². The van der Waals surface area contributed by atoms with Gasteiger partial charge in [-0.25, -0.2) is 17.1 Å². The van der Waals surface area contributed by atoms with Crippen LogP contribution in [0.3, 0.4) is 0 Å². The molecule has 0 bridgehead atoms. The Balaban J connectivity index is 1.55. The van der Waals surface area contributed by atoms with Crippen LogP contribution in [0.1, 0.15) is 34.6 Å². The van der Waals surface area contributed by atoms with Gasteiger partial charge in [-0.2, -0.15) is 4.98 Å². The van der Waals surface area contributed by atoms with Crippen molar-refractivity contribution in [2.24, 2.45) is 0 Å². The highest BCUT2D eigenvalue weighted by Gasteiger charge is 2.48. The number of sulfonamides is 1. The molecule has 154 valence electrons. The Hall–Kier alpha value is -2.59. The number of nitrogens with zero attached hydrogens (tertiary/aromatic N) is 3. The summed E-state index contributed by atoms with van der Waals surface area (Å²) in [6.07, 6.45) is 3.93. The molecule has 1 saturated heterocycles. The molecule has 10 heteroatoms. The molecule has 1 amide bonds. The Labute approximate surface area is 167 Å². The lowest BCUT2D eigenvalue weighted by molar-refractivity contribution is 0.0948. The zero-order valence-electron chi connectivity index (χ0n) is 15.9. The summed E-state index contributed by atoms with van der Waals surface area (Å²) in [5, 5.41) is 2.62. The molecule has 0 aliphatic carbocycles. The predicted octanol–water partition coefficient (Wildman–Crippen LogP) is 0.619. The van der Waals surface area contributed by atoms with Gasteiger partial charge in [0.2, 0.25) is 10.0 Å². The van der Waals surface area contributed by atoms with Gasteiger partial charge in [0.05, 0.1) is 6.26 Å². The topological polar surface area (TPSA) is 101 Å². The third-order valence-electron chi connectivity index (χ3n) is 5.67. The molecular weight excluding hydrogens is 399 g/mol. The van der Waals surface area contributed by atoms with E-state index in [2.05, 4.69) is 10.3 Å². The molecule has 1 N–H and O–H groups in total. The van der Waals surface area contributed by atoms with Crippen molar-refractivity contribution in [1.29, 1.82) is 0 Å². The van der Waals surface area contributed by atoms with E-state index in [-0.39, 0.29) is 12.1 Å². The molecular formula is C19H21FN4O4S. The fraction of sp³-hybridized carbons (Fsp3) is 0.421. The number of halogens is 1. The highest BCUT2D eigenvalue weighted by molar-refractivity contribution is 7.88. The maximum absolute atomic E-state index is 13.3. The normalized spacial score (nSPS) is 21.4. The van der Waals surface area contributed by atoms with Gasteiger partial charge in [-0.15, -0.1) is 0 Å². The molecule has 2 aliphatic rings. The SMILES string of the molecule is CS(=O)(=O)N1CC[C@@]2(CCn3cc(C(=O)NCc4cccc(F)c4)c(=O)nc32)C1. The Bertz CT molecular complexity index is 1150. The van der Waals surface area contributed by atoms with Crippen LogP contribution in [0.15, 0.2) is 35.3 Å². The van der Waals surface area contributed by atoms with E-state index in [0.717, 1.165) is 0 Å². The molecule has 0 unspecified atom stereocenters. The van der Waals surface area contributed by atoms with Crippen LogP contribution in [0.2, 0.25) is 0 Å². The molecule has 1 fully saturated rings. The largest absolute Gasteiger partial charge is 0.348 e. The molecule has 8 nitrogen and oxygen atoms in total. The van der Waals surface area contributed by atoms with E-state index in [9.17, 15) is 22.4 Å². The molecule has 1 spiro atoms. The van der Waals surface area contributed by atoms with Crippen molar-refractivity contribution < 1.29 is 17.6 Å². The first kappa shape index (κ1) is 19.7.